The Hall–Kier alpha value is -1.75. The van der Waals surface area contributed by atoms with Crippen LogP contribution in [-0.2, 0) is 20.7 Å². The zero-order chi connectivity index (χ0) is 17.7. The van der Waals surface area contributed by atoms with Gasteiger partial charge in [0.25, 0.3) is 5.91 Å². The van der Waals surface area contributed by atoms with Gasteiger partial charge in [0.1, 0.15) is 0 Å². The fraction of sp³-hybridized carbons (Fsp3) is 0.176. The maximum atomic E-state index is 12.1. The van der Waals surface area contributed by atoms with Gasteiger partial charge in [-0.05, 0) is 37.3 Å². The summed E-state index contributed by atoms with van der Waals surface area (Å²) >= 11 is 17.9. The van der Waals surface area contributed by atoms with Gasteiger partial charge in [-0.3, -0.25) is 9.59 Å². The van der Waals surface area contributed by atoms with E-state index in [0.717, 1.165) is 0 Å². The molecule has 0 spiro atoms. The first-order chi connectivity index (χ1) is 11.4. The van der Waals surface area contributed by atoms with E-state index in [2.05, 4.69) is 5.32 Å². The van der Waals surface area contributed by atoms with Gasteiger partial charge >= 0.3 is 5.97 Å². The van der Waals surface area contributed by atoms with Crippen molar-refractivity contribution in [1.29, 1.82) is 0 Å². The number of amides is 1. The highest BCUT2D eigenvalue weighted by atomic mass is 35.5. The molecule has 0 radical (unpaired) electrons. The van der Waals surface area contributed by atoms with Crippen LogP contribution in [0, 0.1) is 0 Å². The Bertz CT molecular complexity index is 744. The summed E-state index contributed by atoms with van der Waals surface area (Å²) in [4.78, 5) is 24.1. The fourth-order valence-electron chi connectivity index (χ4n) is 1.95. The molecule has 0 bridgehead atoms. The minimum absolute atomic E-state index is 0.118. The normalized spacial score (nSPS) is 11.7. The standard InChI is InChI=1S/C17H14Cl3NO3/c1-10(17(23)21-12-5-2-4-11(18)8-12)24-16(22)9-13-14(19)6-3-7-15(13)20/h2-8,10H,9H2,1H3,(H,21,23)/t10-/m1/s1. The van der Waals surface area contributed by atoms with Crippen molar-refractivity contribution >= 4 is 52.4 Å². The number of esters is 1. The number of rotatable bonds is 5. The van der Waals surface area contributed by atoms with Crippen LogP contribution in [0.3, 0.4) is 0 Å². The van der Waals surface area contributed by atoms with E-state index in [9.17, 15) is 9.59 Å². The molecular weight excluding hydrogens is 373 g/mol. The van der Waals surface area contributed by atoms with Gasteiger partial charge in [0.15, 0.2) is 6.10 Å². The molecule has 0 heterocycles. The molecule has 1 N–H and O–H groups in total. The molecule has 0 aliphatic rings. The minimum Gasteiger partial charge on any atom is -0.452 e. The van der Waals surface area contributed by atoms with E-state index in [1.165, 1.54) is 6.92 Å². The van der Waals surface area contributed by atoms with Crippen LogP contribution in [0.25, 0.3) is 0 Å². The Balaban J connectivity index is 1.94. The Labute approximate surface area is 154 Å². The number of hydrogen-bond acceptors (Lipinski definition) is 3. The average Bonchev–Trinajstić information content (AvgIpc) is 2.51. The van der Waals surface area contributed by atoms with E-state index in [1.54, 1.807) is 42.5 Å². The quantitative estimate of drug-likeness (QED) is 0.754. The summed E-state index contributed by atoms with van der Waals surface area (Å²) < 4.78 is 5.13. The number of halogens is 3. The lowest BCUT2D eigenvalue weighted by molar-refractivity contribution is -0.152. The molecule has 2 rings (SSSR count). The lowest BCUT2D eigenvalue weighted by Gasteiger charge is -2.14. The lowest BCUT2D eigenvalue weighted by atomic mass is 10.1. The SMILES string of the molecule is C[C@@H](OC(=O)Cc1c(Cl)cccc1Cl)C(=O)Nc1cccc(Cl)c1. The van der Waals surface area contributed by atoms with E-state index < -0.39 is 18.0 Å². The van der Waals surface area contributed by atoms with Crippen LogP contribution in [0.15, 0.2) is 42.5 Å². The second-order valence-electron chi connectivity index (χ2n) is 5.01. The molecule has 2 aromatic carbocycles. The van der Waals surface area contributed by atoms with Crippen molar-refractivity contribution in [2.45, 2.75) is 19.4 Å². The first kappa shape index (κ1) is 18.6. The number of nitrogens with one attached hydrogen (secondary N) is 1. The summed E-state index contributed by atoms with van der Waals surface area (Å²) in [5, 5.41) is 3.85. The molecular formula is C17H14Cl3NO3. The number of hydrogen-bond donors (Lipinski definition) is 1. The largest absolute Gasteiger partial charge is 0.452 e. The van der Waals surface area contributed by atoms with Gasteiger partial charge in [-0.2, -0.15) is 0 Å². The van der Waals surface area contributed by atoms with Crippen LogP contribution in [-0.4, -0.2) is 18.0 Å². The summed E-state index contributed by atoms with van der Waals surface area (Å²) in [5.41, 5.74) is 0.984. The lowest BCUT2D eigenvalue weighted by Crippen LogP contribution is -2.30. The molecule has 0 aromatic heterocycles. The molecule has 24 heavy (non-hydrogen) atoms. The summed E-state index contributed by atoms with van der Waals surface area (Å²) in [6.45, 7) is 1.48. The Morgan fingerprint density at radius 2 is 1.71 bits per heavy atom. The minimum atomic E-state index is -0.974. The van der Waals surface area contributed by atoms with E-state index in [-0.39, 0.29) is 6.42 Å². The molecule has 0 aliphatic carbocycles. The van der Waals surface area contributed by atoms with E-state index in [1.807, 2.05) is 0 Å². The number of anilines is 1. The van der Waals surface area contributed by atoms with Gasteiger partial charge < -0.3 is 10.1 Å². The maximum Gasteiger partial charge on any atom is 0.311 e. The zero-order valence-electron chi connectivity index (χ0n) is 12.7. The highest BCUT2D eigenvalue weighted by Crippen LogP contribution is 2.25. The fourth-order valence-corrected chi connectivity index (χ4v) is 2.67. The number of benzene rings is 2. The molecule has 0 unspecified atom stereocenters. The molecule has 0 fully saturated rings. The smallest absolute Gasteiger partial charge is 0.311 e. The van der Waals surface area contributed by atoms with Crippen molar-refractivity contribution in [3.8, 4) is 0 Å². The van der Waals surface area contributed by atoms with E-state index in [0.29, 0.717) is 26.3 Å². The second-order valence-corrected chi connectivity index (χ2v) is 6.26. The van der Waals surface area contributed by atoms with Crippen LogP contribution in [0.4, 0.5) is 5.69 Å². The van der Waals surface area contributed by atoms with Crippen molar-refractivity contribution in [3.63, 3.8) is 0 Å². The van der Waals surface area contributed by atoms with E-state index in [4.69, 9.17) is 39.5 Å². The highest BCUT2D eigenvalue weighted by molar-refractivity contribution is 6.36. The van der Waals surface area contributed by atoms with E-state index >= 15 is 0 Å². The molecule has 126 valence electrons. The van der Waals surface area contributed by atoms with Gasteiger partial charge in [0.2, 0.25) is 0 Å². The van der Waals surface area contributed by atoms with Crippen molar-refractivity contribution < 1.29 is 14.3 Å². The second kappa shape index (κ2) is 8.38. The van der Waals surface area contributed by atoms with Crippen molar-refractivity contribution in [2.24, 2.45) is 0 Å². The maximum absolute atomic E-state index is 12.1. The monoisotopic (exact) mass is 385 g/mol. The Morgan fingerprint density at radius 3 is 2.33 bits per heavy atom. The van der Waals surface area contributed by atoms with Crippen molar-refractivity contribution in [2.75, 3.05) is 5.32 Å². The molecule has 1 amide bonds. The third-order valence-electron chi connectivity index (χ3n) is 3.15. The highest BCUT2D eigenvalue weighted by Gasteiger charge is 2.19. The van der Waals surface area contributed by atoms with Crippen LogP contribution in [0.1, 0.15) is 12.5 Å². The summed E-state index contributed by atoms with van der Waals surface area (Å²) in [6.07, 6.45) is -1.09. The van der Waals surface area contributed by atoms with Gasteiger partial charge in [0.05, 0.1) is 6.42 Å². The molecule has 1 atom stereocenters. The molecule has 2 aromatic rings. The summed E-state index contributed by atoms with van der Waals surface area (Å²) in [6, 6.07) is 11.6. The average molecular weight is 387 g/mol. The van der Waals surface area contributed by atoms with Crippen LogP contribution >= 0.6 is 34.8 Å². The summed E-state index contributed by atoms with van der Waals surface area (Å²) in [5.74, 6) is -1.06. The van der Waals surface area contributed by atoms with Gasteiger partial charge in [-0.1, -0.05) is 46.9 Å². The first-order valence-corrected chi connectivity index (χ1v) is 8.19. The predicted octanol–water partition coefficient (Wildman–Crippen LogP) is 4.76. The molecule has 7 heteroatoms. The van der Waals surface area contributed by atoms with Gasteiger partial charge in [-0.15, -0.1) is 0 Å². The topological polar surface area (TPSA) is 55.4 Å². The Kier molecular flexibility index (Phi) is 6.49. The number of carbonyl (C=O) groups is 2. The number of ether oxygens (including phenoxy) is 1. The van der Waals surface area contributed by atoms with Crippen LogP contribution < -0.4 is 5.32 Å². The van der Waals surface area contributed by atoms with Gasteiger partial charge in [0, 0.05) is 26.3 Å². The zero-order valence-corrected chi connectivity index (χ0v) is 15.0. The molecule has 4 nitrogen and oxygen atoms in total. The molecule has 0 saturated heterocycles. The third-order valence-corrected chi connectivity index (χ3v) is 4.10. The van der Waals surface area contributed by atoms with Crippen LogP contribution in [0.2, 0.25) is 15.1 Å². The molecule has 0 aliphatic heterocycles. The first-order valence-electron chi connectivity index (χ1n) is 7.05. The number of carbonyl (C=O) groups excluding carboxylic acids is 2. The molecule has 0 saturated carbocycles. The van der Waals surface area contributed by atoms with Crippen molar-refractivity contribution in [1.82, 2.24) is 0 Å². The van der Waals surface area contributed by atoms with Gasteiger partial charge in [-0.25, -0.2) is 0 Å². The Morgan fingerprint density at radius 1 is 1.08 bits per heavy atom. The van der Waals surface area contributed by atoms with Crippen LogP contribution in [0.5, 0.6) is 0 Å². The predicted molar refractivity (Wildman–Crippen MR) is 95.8 cm³/mol. The summed E-state index contributed by atoms with van der Waals surface area (Å²) in [7, 11) is 0. The third kappa shape index (κ3) is 5.13. The van der Waals surface area contributed by atoms with Crippen molar-refractivity contribution in [3.05, 3.63) is 63.1 Å².